The van der Waals surface area contributed by atoms with Crippen LogP contribution in [0.25, 0.3) is 0 Å². The molecule has 0 fully saturated rings. The molecule has 158 valence electrons. The third-order valence-electron chi connectivity index (χ3n) is 3.30. The van der Waals surface area contributed by atoms with E-state index < -0.39 is 43.0 Å². The van der Waals surface area contributed by atoms with Crippen LogP contribution < -0.4 is 14.8 Å². The first-order valence-electron chi connectivity index (χ1n) is 8.05. The lowest BCUT2D eigenvalue weighted by Gasteiger charge is -2.12. The Kier molecular flexibility index (Phi) is 7.40. The molecular formula is C15H18N4O7S3. The fraction of sp³-hybridized carbons (Fsp3) is 0.333. The molecule has 1 unspecified atom stereocenters. The Morgan fingerprint density at radius 3 is 2.66 bits per heavy atom. The van der Waals surface area contributed by atoms with E-state index in [1.165, 1.54) is 18.6 Å². The number of hydrogen-bond acceptors (Lipinski definition) is 9. The molecular weight excluding hydrogens is 444 g/mol. The minimum Gasteiger partial charge on any atom is -0.611 e. The van der Waals surface area contributed by atoms with Gasteiger partial charge in [-0.1, -0.05) is 6.92 Å². The van der Waals surface area contributed by atoms with Crippen LogP contribution in [0.5, 0.6) is 5.88 Å². The quantitative estimate of drug-likeness (QED) is 0.493. The third-order valence-corrected chi connectivity index (χ3v) is 7.69. The fourth-order valence-corrected chi connectivity index (χ4v) is 6.59. The van der Waals surface area contributed by atoms with Crippen molar-refractivity contribution in [3.63, 3.8) is 0 Å². The third kappa shape index (κ3) is 5.56. The number of rotatable bonds is 8. The molecule has 0 saturated heterocycles. The molecule has 1 atom stereocenters. The van der Waals surface area contributed by atoms with E-state index in [1.807, 2.05) is 0 Å². The Morgan fingerprint density at radius 2 is 2.07 bits per heavy atom. The molecule has 0 aliphatic rings. The molecule has 0 aromatic carbocycles. The molecule has 2 aromatic heterocycles. The lowest BCUT2D eigenvalue weighted by atomic mass is 10.4. The molecule has 29 heavy (non-hydrogen) atoms. The number of aromatic carboxylic acids is 1. The maximum atomic E-state index is 12.7. The molecule has 0 saturated carbocycles. The van der Waals surface area contributed by atoms with Crippen molar-refractivity contribution in [3.05, 3.63) is 22.0 Å². The Labute approximate surface area is 173 Å². The van der Waals surface area contributed by atoms with Crippen molar-refractivity contribution in [3.8, 4) is 5.88 Å². The highest BCUT2D eigenvalue weighted by Crippen LogP contribution is 2.32. The van der Waals surface area contributed by atoms with Crippen LogP contribution in [0.15, 0.2) is 21.2 Å². The number of carbonyl (C=O) groups is 2. The summed E-state index contributed by atoms with van der Waals surface area (Å²) in [5, 5.41) is 12.6. The molecule has 14 heteroatoms. The number of hydrogen-bond donors (Lipinski definition) is 3. The molecule has 2 heterocycles. The van der Waals surface area contributed by atoms with Crippen LogP contribution in [0.3, 0.4) is 0 Å². The highest BCUT2D eigenvalue weighted by molar-refractivity contribution is 7.94. The van der Waals surface area contributed by atoms with Gasteiger partial charge in [-0.2, -0.15) is 4.98 Å². The van der Waals surface area contributed by atoms with Gasteiger partial charge in [-0.05, 0) is 24.5 Å². The Bertz CT molecular complexity index is 1020. The molecule has 0 aliphatic heterocycles. The average Bonchev–Trinajstić information content (AvgIpc) is 3.07. The number of carbonyl (C=O) groups excluding carboxylic acids is 1. The maximum Gasteiger partial charge on any atom is 0.347 e. The van der Waals surface area contributed by atoms with Crippen LogP contribution in [0.4, 0.5) is 10.7 Å². The van der Waals surface area contributed by atoms with Gasteiger partial charge in [0.2, 0.25) is 11.8 Å². The van der Waals surface area contributed by atoms with Crippen molar-refractivity contribution in [2.45, 2.75) is 30.1 Å². The number of methoxy groups -OCH3 is 1. The zero-order chi connectivity index (χ0) is 21.8. The molecule has 2 rings (SSSR count). The SMILES string of the molecule is CCC[S+]([O-])c1csc(C(=O)O)c1S(=O)(=O)NC(=O)Nc1nc(C)cc(OC)n1. The maximum absolute atomic E-state index is 12.7. The van der Waals surface area contributed by atoms with Gasteiger partial charge in [0.25, 0.3) is 10.0 Å². The van der Waals surface area contributed by atoms with Crippen molar-refractivity contribution in [1.82, 2.24) is 14.7 Å². The average molecular weight is 463 g/mol. The van der Waals surface area contributed by atoms with Gasteiger partial charge < -0.3 is 14.4 Å². The van der Waals surface area contributed by atoms with E-state index in [0.717, 1.165) is 0 Å². The number of ether oxygens (including phenoxy) is 1. The van der Waals surface area contributed by atoms with E-state index in [2.05, 4.69) is 15.3 Å². The number of carboxylic acid groups (broad SMARTS) is 1. The van der Waals surface area contributed by atoms with Crippen LogP contribution in [-0.4, -0.2) is 52.9 Å². The number of sulfonamides is 1. The minimum absolute atomic E-state index is 0.140. The summed E-state index contributed by atoms with van der Waals surface area (Å²) in [7, 11) is -3.28. The van der Waals surface area contributed by atoms with Crippen LogP contribution in [0, 0.1) is 6.92 Å². The van der Waals surface area contributed by atoms with Gasteiger partial charge in [-0.3, -0.25) is 5.32 Å². The van der Waals surface area contributed by atoms with Crippen LogP contribution in [-0.2, 0) is 21.2 Å². The molecule has 2 amide bonds. The molecule has 0 aliphatic carbocycles. The van der Waals surface area contributed by atoms with Gasteiger partial charge in [0.15, 0.2) is 9.79 Å². The fourth-order valence-electron chi connectivity index (χ4n) is 2.19. The van der Waals surface area contributed by atoms with E-state index in [1.54, 1.807) is 18.6 Å². The molecule has 3 N–H and O–H groups in total. The number of nitrogens with one attached hydrogen (secondary N) is 2. The van der Waals surface area contributed by atoms with E-state index in [0.29, 0.717) is 23.5 Å². The standard InChI is InChI=1S/C15H18N4O7S3/c1-4-5-28(23)9-7-27-11(13(20)21)12(9)29(24,25)19-15(22)18-14-16-8(2)6-10(17-14)26-3/h6-7H,4-5H2,1-3H3,(H,20,21)(H2,16,17,18,19,22). The summed E-state index contributed by atoms with van der Waals surface area (Å²) in [5.74, 6) is -1.43. The van der Waals surface area contributed by atoms with Gasteiger partial charge in [-0.15, -0.1) is 11.3 Å². The second kappa shape index (κ2) is 9.39. The number of carboxylic acids is 1. The topological polar surface area (TPSA) is 171 Å². The van der Waals surface area contributed by atoms with Gasteiger partial charge in [-0.25, -0.2) is 27.7 Å². The molecule has 0 radical (unpaired) electrons. The largest absolute Gasteiger partial charge is 0.611 e. The van der Waals surface area contributed by atoms with Crippen molar-refractivity contribution in [2.75, 3.05) is 18.2 Å². The highest BCUT2D eigenvalue weighted by Gasteiger charge is 2.35. The number of urea groups is 1. The Morgan fingerprint density at radius 1 is 1.38 bits per heavy atom. The summed E-state index contributed by atoms with van der Waals surface area (Å²) in [5.41, 5.74) is 0.457. The highest BCUT2D eigenvalue weighted by atomic mass is 32.2. The zero-order valence-electron chi connectivity index (χ0n) is 15.6. The number of aryl methyl sites for hydroxylation is 1. The lowest BCUT2D eigenvalue weighted by molar-refractivity contribution is 0.0698. The van der Waals surface area contributed by atoms with Gasteiger partial charge in [0.1, 0.15) is 10.6 Å². The van der Waals surface area contributed by atoms with Gasteiger partial charge >= 0.3 is 12.0 Å². The number of thiophene rings is 1. The Hall–Kier alpha value is -2.42. The summed E-state index contributed by atoms with van der Waals surface area (Å²) in [4.78, 5) is 30.0. The summed E-state index contributed by atoms with van der Waals surface area (Å²) in [6, 6.07) is 0.284. The van der Waals surface area contributed by atoms with Gasteiger partial charge in [0, 0.05) is 17.1 Å². The predicted molar refractivity (Wildman–Crippen MR) is 106 cm³/mol. The van der Waals surface area contributed by atoms with E-state index >= 15 is 0 Å². The second-order valence-electron chi connectivity index (χ2n) is 5.55. The van der Waals surface area contributed by atoms with Gasteiger partial charge in [0.05, 0.1) is 7.11 Å². The zero-order valence-corrected chi connectivity index (χ0v) is 18.0. The first-order chi connectivity index (χ1) is 13.6. The van der Waals surface area contributed by atoms with Crippen molar-refractivity contribution in [1.29, 1.82) is 0 Å². The smallest absolute Gasteiger partial charge is 0.347 e. The lowest BCUT2D eigenvalue weighted by Crippen LogP contribution is -2.36. The second-order valence-corrected chi connectivity index (χ2v) is 9.59. The summed E-state index contributed by atoms with van der Waals surface area (Å²) < 4.78 is 44.4. The molecule has 2 aromatic rings. The number of nitrogens with zero attached hydrogens (tertiary/aromatic N) is 2. The van der Waals surface area contributed by atoms with Crippen molar-refractivity contribution >= 4 is 50.5 Å². The summed E-state index contributed by atoms with van der Waals surface area (Å²) >= 11 is -1.12. The van der Waals surface area contributed by atoms with Crippen molar-refractivity contribution in [2.24, 2.45) is 0 Å². The predicted octanol–water partition coefficient (Wildman–Crippen LogP) is 1.58. The number of amides is 2. The van der Waals surface area contributed by atoms with E-state index in [4.69, 9.17) is 4.74 Å². The first kappa shape index (κ1) is 22.9. The molecule has 0 spiro atoms. The molecule has 0 bridgehead atoms. The van der Waals surface area contributed by atoms with Crippen LogP contribution in [0.1, 0.15) is 28.7 Å². The van der Waals surface area contributed by atoms with Crippen molar-refractivity contribution < 1.29 is 32.4 Å². The minimum atomic E-state index is -4.64. The molecule has 11 nitrogen and oxygen atoms in total. The normalized spacial score (nSPS) is 12.3. The van der Waals surface area contributed by atoms with Crippen LogP contribution >= 0.6 is 11.3 Å². The number of aromatic nitrogens is 2. The monoisotopic (exact) mass is 462 g/mol. The van der Waals surface area contributed by atoms with E-state index in [9.17, 15) is 27.7 Å². The first-order valence-corrected chi connectivity index (χ1v) is 11.7. The summed E-state index contributed by atoms with van der Waals surface area (Å²) in [6.45, 7) is 3.36. The van der Waals surface area contributed by atoms with Crippen LogP contribution in [0.2, 0.25) is 0 Å². The van der Waals surface area contributed by atoms with E-state index in [-0.39, 0.29) is 22.5 Å². The summed E-state index contributed by atoms with van der Waals surface area (Å²) in [6.07, 6.45) is 0.491. The Balaban J connectivity index is 2.33. The number of anilines is 1.